The Labute approximate surface area is 141 Å². The van der Waals surface area contributed by atoms with Gasteiger partial charge >= 0.3 is 5.97 Å². The van der Waals surface area contributed by atoms with Crippen LogP contribution in [-0.2, 0) is 9.59 Å². The number of rotatable bonds is 4. The Bertz CT molecular complexity index is 637. The standard InChI is InChI=1S/C17H24N2O5/c1-11-9-12(2)24-16(11)17(23)18-7-4-5-14(6-8-18)19(13(3)20)10-15(21)22/h9,14H,4-8,10H2,1-3H3,(H,21,22)/t14-/m1/s1. The Hall–Kier alpha value is -2.31. The monoisotopic (exact) mass is 336 g/mol. The van der Waals surface area contributed by atoms with Gasteiger partial charge in [-0.05, 0) is 39.2 Å². The molecule has 1 N–H and O–H groups in total. The zero-order valence-electron chi connectivity index (χ0n) is 14.4. The molecule has 0 aliphatic carbocycles. The van der Waals surface area contributed by atoms with E-state index in [-0.39, 0.29) is 24.4 Å². The minimum absolute atomic E-state index is 0.145. The summed E-state index contributed by atoms with van der Waals surface area (Å²) in [6, 6.07) is 1.67. The van der Waals surface area contributed by atoms with E-state index < -0.39 is 5.97 Å². The van der Waals surface area contributed by atoms with Crippen molar-refractivity contribution in [2.75, 3.05) is 19.6 Å². The van der Waals surface area contributed by atoms with E-state index in [0.717, 1.165) is 12.0 Å². The molecule has 1 fully saturated rings. The average Bonchev–Trinajstić information content (AvgIpc) is 2.71. The second-order valence-corrected chi connectivity index (χ2v) is 6.29. The predicted octanol–water partition coefficient (Wildman–Crippen LogP) is 1.82. The van der Waals surface area contributed by atoms with Crippen LogP contribution in [0.5, 0.6) is 0 Å². The highest BCUT2D eigenvalue weighted by Crippen LogP contribution is 2.21. The third-order valence-corrected chi connectivity index (χ3v) is 4.37. The van der Waals surface area contributed by atoms with Gasteiger partial charge in [-0.2, -0.15) is 0 Å². The molecule has 1 aliphatic heterocycles. The molecule has 1 aliphatic rings. The van der Waals surface area contributed by atoms with E-state index in [1.54, 1.807) is 11.8 Å². The minimum Gasteiger partial charge on any atom is -0.480 e. The van der Waals surface area contributed by atoms with E-state index >= 15 is 0 Å². The first-order chi connectivity index (χ1) is 11.3. The molecule has 0 bridgehead atoms. The molecule has 0 radical (unpaired) electrons. The van der Waals surface area contributed by atoms with E-state index in [9.17, 15) is 14.4 Å². The number of hydrogen-bond acceptors (Lipinski definition) is 4. The number of aliphatic carboxylic acids is 1. The normalized spacial score (nSPS) is 18.1. The number of hydrogen-bond donors (Lipinski definition) is 1. The summed E-state index contributed by atoms with van der Waals surface area (Å²) in [5, 5.41) is 8.98. The lowest BCUT2D eigenvalue weighted by Gasteiger charge is -2.28. The smallest absolute Gasteiger partial charge is 0.323 e. The van der Waals surface area contributed by atoms with E-state index in [2.05, 4.69) is 0 Å². The maximum atomic E-state index is 12.6. The van der Waals surface area contributed by atoms with Gasteiger partial charge in [0.05, 0.1) is 0 Å². The molecule has 2 amide bonds. The first-order valence-corrected chi connectivity index (χ1v) is 8.15. The van der Waals surface area contributed by atoms with Gasteiger partial charge in [-0.3, -0.25) is 14.4 Å². The number of nitrogens with zero attached hydrogens (tertiary/aromatic N) is 2. The summed E-state index contributed by atoms with van der Waals surface area (Å²) in [5.41, 5.74) is 0.814. The molecule has 7 nitrogen and oxygen atoms in total. The molecule has 0 aromatic carbocycles. The van der Waals surface area contributed by atoms with Gasteiger partial charge in [0.2, 0.25) is 5.91 Å². The average molecular weight is 336 g/mol. The fourth-order valence-corrected chi connectivity index (χ4v) is 3.23. The summed E-state index contributed by atoms with van der Waals surface area (Å²) in [5.74, 6) is -0.356. The molecule has 1 atom stereocenters. The highest BCUT2D eigenvalue weighted by molar-refractivity contribution is 5.93. The first-order valence-electron chi connectivity index (χ1n) is 8.15. The number of furan rings is 1. The lowest BCUT2D eigenvalue weighted by Crippen LogP contribution is -2.43. The molecular weight excluding hydrogens is 312 g/mol. The van der Waals surface area contributed by atoms with Crippen LogP contribution in [0.1, 0.15) is 48.1 Å². The number of carboxylic acids is 1. The molecule has 1 saturated heterocycles. The van der Waals surface area contributed by atoms with E-state index in [0.29, 0.717) is 37.5 Å². The third-order valence-electron chi connectivity index (χ3n) is 4.37. The van der Waals surface area contributed by atoms with Crippen molar-refractivity contribution in [2.24, 2.45) is 0 Å². The topological polar surface area (TPSA) is 91.1 Å². The van der Waals surface area contributed by atoms with Crippen LogP contribution in [0, 0.1) is 13.8 Å². The molecule has 2 heterocycles. The molecule has 2 rings (SSSR count). The van der Waals surface area contributed by atoms with Gasteiger partial charge in [-0.1, -0.05) is 0 Å². The second-order valence-electron chi connectivity index (χ2n) is 6.29. The molecule has 1 aromatic heterocycles. The van der Waals surface area contributed by atoms with Crippen molar-refractivity contribution in [2.45, 2.75) is 46.1 Å². The lowest BCUT2D eigenvalue weighted by atomic mass is 10.1. The van der Waals surface area contributed by atoms with E-state index in [1.807, 2.05) is 13.0 Å². The van der Waals surface area contributed by atoms with Crippen LogP contribution in [-0.4, -0.2) is 58.4 Å². The Morgan fingerprint density at radius 1 is 1.29 bits per heavy atom. The quantitative estimate of drug-likeness (QED) is 0.905. The zero-order valence-corrected chi connectivity index (χ0v) is 14.4. The largest absolute Gasteiger partial charge is 0.480 e. The SMILES string of the molecule is CC(=O)N(CC(=O)O)[C@@H]1CCCN(C(=O)c2oc(C)cc2C)CC1. The summed E-state index contributed by atoms with van der Waals surface area (Å²) in [4.78, 5) is 38.5. The highest BCUT2D eigenvalue weighted by Gasteiger charge is 2.29. The van der Waals surface area contributed by atoms with Crippen molar-refractivity contribution >= 4 is 17.8 Å². The van der Waals surface area contributed by atoms with Gasteiger partial charge in [0.25, 0.3) is 5.91 Å². The molecular formula is C17H24N2O5. The van der Waals surface area contributed by atoms with Gasteiger partial charge in [-0.15, -0.1) is 0 Å². The molecule has 0 saturated carbocycles. The maximum Gasteiger partial charge on any atom is 0.323 e. The Morgan fingerprint density at radius 3 is 2.54 bits per heavy atom. The molecule has 7 heteroatoms. The zero-order chi connectivity index (χ0) is 17.9. The minimum atomic E-state index is -1.02. The van der Waals surface area contributed by atoms with Crippen LogP contribution in [0.4, 0.5) is 0 Å². The van der Waals surface area contributed by atoms with Crippen LogP contribution in [0.25, 0.3) is 0 Å². The lowest BCUT2D eigenvalue weighted by molar-refractivity contribution is -0.145. The van der Waals surface area contributed by atoms with Gasteiger partial charge in [0.1, 0.15) is 12.3 Å². The second kappa shape index (κ2) is 7.51. The van der Waals surface area contributed by atoms with Crippen LogP contribution in [0.15, 0.2) is 10.5 Å². The summed E-state index contributed by atoms with van der Waals surface area (Å²) in [7, 11) is 0. The first kappa shape index (κ1) is 18.0. The van der Waals surface area contributed by atoms with Crippen LogP contribution in [0.2, 0.25) is 0 Å². The molecule has 0 unspecified atom stereocenters. The summed E-state index contributed by atoms with van der Waals surface area (Å²) >= 11 is 0. The molecule has 132 valence electrons. The van der Waals surface area contributed by atoms with Crippen molar-refractivity contribution in [1.29, 1.82) is 0 Å². The van der Waals surface area contributed by atoms with Crippen molar-refractivity contribution in [1.82, 2.24) is 9.80 Å². The molecule has 24 heavy (non-hydrogen) atoms. The van der Waals surface area contributed by atoms with Crippen molar-refractivity contribution in [3.05, 3.63) is 23.2 Å². The predicted molar refractivity (Wildman–Crippen MR) is 86.7 cm³/mol. The van der Waals surface area contributed by atoms with Gasteiger partial charge in [-0.25, -0.2) is 0 Å². The Morgan fingerprint density at radius 2 is 2.00 bits per heavy atom. The molecule has 0 spiro atoms. The Balaban J connectivity index is 2.06. The fourth-order valence-electron chi connectivity index (χ4n) is 3.23. The number of carboxylic acid groups (broad SMARTS) is 1. The van der Waals surface area contributed by atoms with Crippen LogP contribution in [0.3, 0.4) is 0 Å². The number of carbonyl (C=O) groups excluding carboxylic acids is 2. The fraction of sp³-hybridized carbons (Fsp3) is 0.588. The van der Waals surface area contributed by atoms with Crippen molar-refractivity contribution in [3.63, 3.8) is 0 Å². The van der Waals surface area contributed by atoms with E-state index in [4.69, 9.17) is 9.52 Å². The van der Waals surface area contributed by atoms with Crippen LogP contribution < -0.4 is 0 Å². The highest BCUT2D eigenvalue weighted by atomic mass is 16.4. The van der Waals surface area contributed by atoms with Gasteiger partial charge in [0, 0.05) is 31.6 Å². The number of aryl methyl sites for hydroxylation is 2. The maximum absolute atomic E-state index is 12.6. The summed E-state index contributed by atoms with van der Waals surface area (Å²) in [6.07, 6.45) is 1.97. The number of carbonyl (C=O) groups is 3. The summed E-state index contributed by atoms with van der Waals surface area (Å²) < 4.78 is 5.50. The third kappa shape index (κ3) is 4.15. The van der Waals surface area contributed by atoms with Crippen molar-refractivity contribution < 1.29 is 23.9 Å². The summed E-state index contributed by atoms with van der Waals surface area (Å²) in [6.45, 7) is 5.78. The van der Waals surface area contributed by atoms with Crippen LogP contribution >= 0.6 is 0 Å². The van der Waals surface area contributed by atoms with E-state index in [1.165, 1.54) is 11.8 Å². The molecule has 1 aromatic rings. The van der Waals surface area contributed by atoms with Crippen molar-refractivity contribution in [3.8, 4) is 0 Å². The van der Waals surface area contributed by atoms with Gasteiger partial charge in [0.15, 0.2) is 5.76 Å². The number of likely N-dealkylation sites (tertiary alicyclic amines) is 1. The number of amides is 2. The Kier molecular flexibility index (Phi) is 5.64. The van der Waals surface area contributed by atoms with Gasteiger partial charge < -0.3 is 19.3 Å².